The summed E-state index contributed by atoms with van der Waals surface area (Å²) in [5.74, 6) is -0.364. The van der Waals surface area contributed by atoms with E-state index in [4.69, 9.17) is 9.57 Å². The lowest BCUT2D eigenvalue weighted by molar-refractivity contribution is -0.146. The third-order valence-electron chi connectivity index (χ3n) is 4.48. The topological polar surface area (TPSA) is 68.2 Å². The first-order valence-corrected chi connectivity index (χ1v) is 9.00. The first-order chi connectivity index (χ1) is 12.6. The summed E-state index contributed by atoms with van der Waals surface area (Å²) in [6, 6.07) is 6.06. The Morgan fingerprint density at radius 2 is 2.19 bits per heavy atom. The summed E-state index contributed by atoms with van der Waals surface area (Å²) >= 11 is 0. The fourth-order valence-electron chi connectivity index (χ4n) is 2.91. The molecule has 7 heteroatoms. The van der Waals surface area contributed by atoms with Crippen molar-refractivity contribution in [2.75, 3.05) is 19.7 Å². The summed E-state index contributed by atoms with van der Waals surface area (Å²) in [6.07, 6.45) is 1.92. The zero-order valence-electron chi connectivity index (χ0n) is 14.8. The molecule has 0 N–H and O–H groups in total. The second-order valence-electron chi connectivity index (χ2n) is 6.63. The van der Waals surface area contributed by atoms with Crippen LogP contribution in [0.2, 0.25) is 0 Å². The molecule has 1 aliphatic heterocycles. The number of rotatable bonds is 8. The van der Waals surface area contributed by atoms with E-state index >= 15 is 0 Å². The van der Waals surface area contributed by atoms with Crippen LogP contribution in [-0.4, -0.2) is 48.3 Å². The zero-order valence-corrected chi connectivity index (χ0v) is 14.8. The smallest absolute Gasteiger partial charge is 0.307 e. The van der Waals surface area contributed by atoms with E-state index in [-0.39, 0.29) is 24.1 Å². The Kier molecular flexibility index (Phi) is 5.85. The summed E-state index contributed by atoms with van der Waals surface area (Å²) in [4.78, 5) is 31.4. The maximum Gasteiger partial charge on any atom is 0.307 e. The van der Waals surface area contributed by atoms with Crippen molar-refractivity contribution in [2.24, 2.45) is 11.1 Å². The van der Waals surface area contributed by atoms with E-state index < -0.39 is 6.10 Å². The molecule has 26 heavy (non-hydrogen) atoms. The van der Waals surface area contributed by atoms with Crippen molar-refractivity contribution in [1.29, 1.82) is 0 Å². The number of hydrogen-bond donors (Lipinski definition) is 0. The lowest BCUT2D eigenvalue weighted by Crippen LogP contribution is -2.41. The number of carbonyl (C=O) groups excluding carboxylic acids is 2. The molecule has 1 amide bonds. The summed E-state index contributed by atoms with van der Waals surface area (Å²) in [6.45, 7) is 3.01. The minimum absolute atomic E-state index is 0.163. The van der Waals surface area contributed by atoms with E-state index in [1.807, 2.05) is 0 Å². The molecule has 0 bridgehead atoms. The highest BCUT2D eigenvalue weighted by molar-refractivity contribution is 6.04. The Morgan fingerprint density at radius 3 is 2.88 bits per heavy atom. The number of hydrogen-bond acceptors (Lipinski definition) is 5. The molecule has 1 saturated carbocycles. The highest BCUT2D eigenvalue weighted by Crippen LogP contribution is 2.30. The van der Waals surface area contributed by atoms with Gasteiger partial charge in [0.2, 0.25) is 6.10 Å². The Morgan fingerprint density at radius 1 is 1.38 bits per heavy atom. The Labute approximate surface area is 151 Å². The molecule has 1 fully saturated rings. The summed E-state index contributed by atoms with van der Waals surface area (Å²) < 4.78 is 18.3. The summed E-state index contributed by atoms with van der Waals surface area (Å²) in [7, 11) is 0. The minimum Gasteiger partial charge on any atom is -0.466 e. The third-order valence-corrected chi connectivity index (χ3v) is 4.48. The lowest BCUT2D eigenvalue weighted by atomic mass is 10.0. The molecule has 1 atom stereocenters. The molecular weight excluding hydrogens is 339 g/mol. The molecule has 0 aromatic heterocycles. The van der Waals surface area contributed by atoms with Crippen molar-refractivity contribution in [3.05, 3.63) is 35.6 Å². The van der Waals surface area contributed by atoms with Crippen LogP contribution in [-0.2, 0) is 19.2 Å². The molecule has 1 aliphatic carbocycles. The average molecular weight is 362 g/mol. The number of esters is 1. The molecule has 6 nitrogen and oxygen atoms in total. The lowest BCUT2D eigenvalue weighted by Gasteiger charge is -2.24. The molecule has 0 radical (unpaired) electrons. The van der Waals surface area contributed by atoms with Crippen molar-refractivity contribution >= 4 is 17.6 Å². The standard InChI is InChI=1S/C19H23FN2O4/c1-2-25-18(23)8-9-22(12-13-6-7-13)19(24)17-11-16(21-26-17)14-4-3-5-15(20)10-14/h3-5,10,13,17H,2,6-9,11-12H2,1H3. The number of oxime groups is 1. The SMILES string of the molecule is CCOC(=O)CCN(CC1CC1)C(=O)C1CC(c2cccc(F)c2)=NO1. The Hall–Kier alpha value is -2.44. The van der Waals surface area contributed by atoms with Crippen molar-refractivity contribution in [1.82, 2.24) is 4.90 Å². The highest BCUT2D eigenvalue weighted by atomic mass is 19.1. The second-order valence-corrected chi connectivity index (χ2v) is 6.63. The molecule has 1 aromatic carbocycles. The van der Waals surface area contributed by atoms with E-state index in [1.54, 1.807) is 24.0 Å². The fraction of sp³-hybridized carbons (Fsp3) is 0.526. The molecule has 0 spiro atoms. The van der Waals surface area contributed by atoms with Crippen LogP contribution in [0.4, 0.5) is 4.39 Å². The molecular formula is C19H23FN2O4. The second kappa shape index (κ2) is 8.29. The molecule has 140 valence electrons. The van der Waals surface area contributed by atoms with Crippen molar-refractivity contribution < 1.29 is 23.6 Å². The molecule has 1 aromatic rings. The van der Waals surface area contributed by atoms with Gasteiger partial charge in [0.25, 0.3) is 5.91 Å². The van der Waals surface area contributed by atoms with E-state index in [1.165, 1.54) is 12.1 Å². The van der Waals surface area contributed by atoms with Crippen LogP contribution >= 0.6 is 0 Å². The van der Waals surface area contributed by atoms with Crippen LogP contribution in [0.3, 0.4) is 0 Å². The normalized spacial score (nSPS) is 18.8. The van der Waals surface area contributed by atoms with Crippen LogP contribution in [0.1, 0.15) is 38.2 Å². The van der Waals surface area contributed by atoms with Gasteiger partial charge in [-0.25, -0.2) is 4.39 Å². The fourth-order valence-corrected chi connectivity index (χ4v) is 2.91. The van der Waals surface area contributed by atoms with Gasteiger partial charge in [-0.05, 0) is 37.8 Å². The zero-order chi connectivity index (χ0) is 18.5. The van der Waals surface area contributed by atoms with Gasteiger partial charge in [0.1, 0.15) is 5.82 Å². The van der Waals surface area contributed by atoms with Gasteiger partial charge in [-0.15, -0.1) is 0 Å². The van der Waals surface area contributed by atoms with Gasteiger partial charge >= 0.3 is 5.97 Å². The molecule has 1 heterocycles. The van der Waals surface area contributed by atoms with E-state index in [2.05, 4.69) is 5.16 Å². The van der Waals surface area contributed by atoms with E-state index in [0.717, 1.165) is 12.8 Å². The first kappa shape index (κ1) is 18.4. The maximum absolute atomic E-state index is 13.4. The van der Waals surface area contributed by atoms with Crippen molar-refractivity contribution in [3.8, 4) is 0 Å². The Balaban J connectivity index is 1.59. The van der Waals surface area contributed by atoms with Crippen LogP contribution in [0.15, 0.2) is 29.4 Å². The third kappa shape index (κ3) is 4.80. The quantitative estimate of drug-likeness (QED) is 0.667. The predicted molar refractivity (Wildman–Crippen MR) is 93.0 cm³/mol. The number of benzene rings is 1. The predicted octanol–water partition coefficient (Wildman–Crippen LogP) is 2.51. The van der Waals surface area contributed by atoms with Crippen LogP contribution < -0.4 is 0 Å². The van der Waals surface area contributed by atoms with Gasteiger partial charge in [0.15, 0.2) is 0 Å². The van der Waals surface area contributed by atoms with Gasteiger partial charge in [0.05, 0.1) is 18.7 Å². The maximum atomic E-state index is 13.4. The molecule has 2 aliphatic rings. The van der Waals surface area contributed by atoms with E-state index in [0.29, 0.717) is 43.3 Å². The minimum atomic E-state index is -0.728. The largest absolute Gasteiger partial charge is 0.466 e. The highest BCUT2D eigenvalue weighted by Gasteiger charge is 2.35. The van der Waals surface area contributed by atoms with Gasteiger partial charge in [-0.2, -0.15) is 0 Å². The van der Waals surface area contributed by atoms with Gasteiger partial charge in [-0.3, -0.25) is 9.59 Å². The van der Waals surface area contributed by atoms with Crippen molar-refractivity contribution in [2.45, 2.75) is 38.7 Å². The first-order valence-electron chi connectivity index (χ1n) is 9.00. The average Bonchev–Trinajstić information content (AvgIpc) is 3.30. The van der Waals surface area contributed by atoms with Gasteiger partial charge in [-0.1, -0.05) is 17.3 Å². The van der Waals surface area contributed by atoms with Crippen LogP contribution in [0.25, 0.3) is 0 Å². The number of nitrogens with zero attached hydrogens (tertiary/aromatic N) is 2. The van der Waals surface area contributed by atoms with E-state index in [9.17, 15) is 14.0 Å². The monoisotopic (exact) mass is 362 g/mol. The Bertz CT molecular complexity index is 703. The van der Waals surface area contributed by atoms with Gasteiger partial charge in [0, 0.05) is 25.1 Å². The van der Waals surface area contributed by atoms with Crippen molar-refractivity contribution in [3.63, 3.8) is 0 Å². The number of halogens is 1. The molecule has 1 unspecified atom stereocenters. The number of carbonyl (C=O) groups is 2. The van der Waals surface area contributed by atoms with Gasteiger partial charge < -0.3 is 14.5 Å². The van der Waals surface area contributed by atoms with Crippen LogP contribution in [0.5, 0.6) is 0 Å². The molecule has 0 saturated heterocycles. The number of ether oxygens (including phenoxy) is 1. The van der Waals surface area contributed by atoms with Crippen LogP contribution in [0, 0.1) is 11.7 Å². The molecule has 3 rings (SSSR count). The summed E-state index contributed by atoms with van der Waals surface area (Å²) in [5.41, 5.74) is 1.17. The number of amides is 1. The summed E-state index contributed by atoms with van der Waals surface area (Å²) in [5, 5.41) is 3.96.